The molecule has 0 unspecified atom stereocenters. The minimum absolute atomic E-state index is 0.0431. The molecule has 5 N–H and O–H groups in total. The number of hydrogen-bond acceptors (Lipinski definition) is 5. The summed E-state index contributed by atoms with van der Waals surface area (Å²) in [5.74, 6) is -1.41. The van der Waals surface area contributed by atoms with Crippen molar-refractivity contribution in [2.24, 2.45) is 5.73 Å². The van der Waals surface area contributed by atoms with E-state index in [2.05, 4.69) is 5.32 Å². The largest absolute Gasteiger partial charge is 0.480 e. The summed E-state index contributed by atoms with van der Waals surface area (Å²) in [5.41, 5.74) is 6.53. The molecule has 0 saturated carbocycles. The maximum Gasteiger partial charge on any atom is 0.317 e. The highest BCUT2D eigenvalue weighted by atomic mass is 16.4. The van der Waals surface area contributed by atoms with Crippen molar-refractivity contribution in [1.82, 2.24) is 9.80 Å². The number of amides is 2. The van der Waals surface area contributed by atoms with Gasteiger partial charge in [-0.1, -0.05) is 0 Å². The summed E-state index contributed by atoms with van der Waals surface area (Å²) < 4.78 is 0. The average molecular weight is 347 g/mol. The van der Waals surface area contributed by atoms with Crippen LogP contribution in [0.25, 0.3) is 0 Å². The van der Waals surface area contributed by atoms with Crippen molar-refractivity contribution in [2.45, 2.75) is 6.42 Å². The average Bonchev–Trinajstić information content (AvgIpc) is 2.54. The molecular formula is C16H21N5O4. The van der Waals surface area contributed by atoms with E-state index in [4.69, 9.17) is 16.2 Å². The molecule has 1 aliphatic rings. The number of rotatable bonds is 7. The summed E-state index contributed by atoms with van der Waals surface area (Å²) in [6.45, 7) is 1.08. The van der Waals surface area contributed by atoms with Crippen LogP contribution in [-0.4, -0.2) is 71.2 Å². The summed E-state index contributed by atoms with van der Waals surface area (Å²) in [6, 6.07) is 6.60. The lowest BCUT2D eigenvalue weighted by molar-refractivity contribution is -0.142. The molecule has 1 heterocycles. The molecule has 1 aromatic carbocycles. The highest BCUT2D eigenvalue weighted by Crippen LogP contribution is 2.10. The Labute approximate surface area is 144 Å². The molecule has 0 atom stereocenters. The van der Waals surface area contributed by atoms with Crippen LogP contribution in [0.3, 0.4) is 0 Å². The first kappa shape index (κ1) is 18.4. The number of carboxylic acids is 1. The third-order valence-electron chi connectivity index (χ3n) is 3.85. The standard InChI is InChI=1S/C16H21N5O4/c17-16(18)11-1-3-12(4-2-11)19-13(22)5-6-21-8-7-20(9-14(21)23)10-15(24)25/h1-4H,5-10H2,(H3,17,18)(H,19,22)(H,24,25). The van der Waals surface area contributed by atoms with E-state index in [1.54, 1.807) is 34.1 Å². The molecule has 25 heavy (non-hydrogen) atoms. The lowest BCUT2D eigenvalue weighted by Gasteiger charge is -2.33. The van der Waals surface area contributed by atoms with Crippen molar-refractivity contribution in [3.8, 4) is 0 Å². The van der Waals surface area contributed by atoms with Crippen molar-refractivity contribution in [2.75, 3.05) is 38.0 Å². The first-order valence-electron chi connectivity index (χ1n) is 7.81. The summed E-state index contributed by atoms with van der Waals surface area (Å²) in [6.07, 6.45) is 0.152. The monoisotopic (exact) mass is 347 g/mol. The first-order chi connectivity index (χ1) is 11.8. The number of amidine groups is 1. The number of carbonyl (C=O) groups is 3. The van der Waals surface area contributed by atoms with Crippen LogP contribution < -0.4 is 11.1 Å². The van der Waals surface area contributed by atoms with Gasteiger partial charge in [0.25, 0.3) is 0 Å². The van der Waals surface area contributed by atoms with Gasteiger partial charge >= 0.3 is 5.97 Å². The first-order valence-corrected chi connectivity index (χ1v) is 7.81. The van der Waals surface area contributed by atoms with E-state index in [0.29, 0.717) is 24.3 Å². The molecule has 0 radical (unpaired) electrons. The molecule has 1 aliphatic heterocycles. The van der Waals surface area contributed by atoms with E-state index in [1.165, 1.54) is 0 Å². The van der Waals surface area contributed by atoms with Crippen LogP contribution in [0.2, 0.25) is 0 Å². The van der Waals surface area contributed by atoms with E-state index in [1.807, 2.05) is 0 Å². The Kier molecular flexibility index (Phi) is 6.07. The quantitative estimate of drug-likeness (QED) is 0.388. The van der Waals surface area contributed by atoms with Crippen molar-refractivity contribution in [3.63, 3.8) is 0 Å². The van der Waals surface area contributed by atoms with E-state index in [-0.39, 0.29) is 43.7 Å². The van der Waals surface area contributed by atoms with Crippen molar-refractivity contribution < 1.29 is 19.5 Å². The number of nitrogens with one attached hydrogen (secondary N) is 2. The van der Waals surface area contributed by atoms with Gasteiger partial charge in [0.05, 0.1) is 13.1 Å². The van der Waals surface area contributed by atoms with Crippen LogP contribution in [0.1, 0.15) is 12.0 Å². The van der Waals surface area contributed by atoms with Gasteiger partial charge in [0.2, 0.25) is 11.8 Å². The van der Waals surface area contributed by atoms with Gasteiger partial charge in [0.15, 0.2) is 0 Å². The molecule has 2 rings (SSSR count). The molecule has 0 aliphatic carbocycles. The molecule has 134 valence electrons. The Morgan fingerprint density at radius 3 is 2.48 bits per heavy atom. The molecule has 1 aromatic rings. The van der Waals surface area contributed by atoms with Gasteiger partial charge in [0, 0.05) is 37.3 Å². The smallest absolute Gasteiger partial charge is 0.317 e. The number of hydrogen-bond donors (Lipinski definition) is 4. The predicted octanol–water partition coefficient (Wildman–Crippen LogP) is -0.472. The molecule has 0 aromatic heterocycles. The number of nitrogens with zero attached hydrogens (tertiary/aromatic N) is 2. The van der Waals surface area contributed by atoms with Crippen LogP contribution in [0.4, 0.5) is 5.69 Å². The molecule has 1 fully saturated rings. The summed E-state index contributed by atoms with van der Waals surface area (Å²) in [4.78, 5) is 37.8. The van der Waals surface area contributed by atoms with E-state index in [0.717, 1.165) is 0 Å². The Bertz CT molecular complexity index is 674. The number of aliphatic carboxylic acids is 1. The summed E-state index contributed by atoms with van der Waals surface area (Å²) >= 11 is 0. The maximum absolute atomic E-state index is 12.0. The van der Waals surface area contributed by atoms with Crippen LogP contribution in [-0.2, 0) is 14.4 Å². The minimum atomic E-state index is -0.962. The second kappa shape index (κ2) is 8.25. The Morgan fingerprint density at radius 2 is 1.92 bits per heavy atom. The Balaban J connectivity index is 1.77. The zero-order chi connectivity index (χ0) is 18.4. The highest BCUT2D eigenvalue weighted by Gasteiger charge is 2.25. The summed E-state index contributed by atoms with van der Waals surface area (Å²) in [5, 5.41) is 18.8. The molecule has 1 saturated heterocycles. The zero-order valence-corrected chi connectivity index (χ0v) is 13.7. The highest BCUT2D eigenvalue weighted by molar-refractivity contribution is 5.96. The second-order valence-electron chi connectivity index (χ2n) is 5.77. The number of nitrogens with two attached hydrogens (primary N) is 1. The molecule has 9 nitrogen and oxygen atoms in total. The zero-order valence-electron chi connectivity index (χ0n) is 13.7. The Hall–Kier alpha value is -2.94. The van der Waals surface area contributed by atoms with Gasteiger partial charge in [-0.15, -0.1) is 0 Å². The lowest BCUT2D eigenvalue weighted by Crippen LogP contribution is -2.52. The van der Waals surface area contributed by atoms with Crippen LogP contribution in [0.5, 0.6) is 0 Å². The van der Waals surface area contributed by atoms with E-state index in [9.17, 15) is 14.4 Å². The lowest BCUT2D eigenvalue weighted by atomic mass is 10.2. The molecule has 2 amide bonds. The Morgan fingerprint density at radius 1 is 1.24 bits per heavy atom. The second-order valence-corrected chi connectivity index (χ2v) is 5.77. The van der Waals surface area contributed by atoms with Gasteiger partial charge in [0.1, 0.15) is 5.84 Å². The number of anilines is 1. The number of carbonyl (C=O) groups excluding carboxylic acids is 2. The fourth-order valence-corrected chi connectivity index (χ4v) is 2.51. The van der Waals surface area contributed by atoms with Crippen LogP contribution in [0.15, 0.2) is 24.3 Å². The molecule has 0 bridgehead atoms. The van der Waals surface area contributed by atoms with Gasteiger partial charge in [-0.2, -0.15) is 0 Å². The predicted molar refractivity (Wildman–Crippen MR) is 91.4 cm³/mol. The fourth-order valence-electron chi connectivity index (χ4n) is 2.51. The minimum Gasteiger partial charge on any atom is -0.480 e. The third-order valence-corrected chi connectivity index (χ3v) is 3.85. The fraction of sp³-hybridized carbons (Fsp3) is 0.375. The van der Waals surface area contributed by atoms with Crippen LogP contribution in [0, 0.1) is 5.41 Å². The number of carboxylic acid groups (broad SMARTS) is 1. The molecular weight excluding hydrogens is 326 g/mol. The number of nitrogen functional groups attached to an aromatic ring is 1. The van der Waals surface area contributed by atoms with Gasteiger partial charge in [-0.25, -0.2) is 0 Å². The third kappa shape index (κ3) is 5.57. The summed E-state index contributed by atoms with van der Waals surface area (Å²) in [7, 11) is 0. The molecule has 9 heteroatoms. The normalized spacial score (nSPS) is 15.0. The van der Waals surface area contributed by atoms with Crippen molar-refractivity contribution in [3.05, 3.63) is 29.8 Å². The number of benzene rings is 1. The van der Waals surface area contributed by atoms with Crippen molar-refractivity contribution in [1.29, 1.82) is 5.41 Å². The van der Waals surface area contributed by atoms with Gasteiger partial charge in [-0.3, -0.25) is 24.7 Å². The van der Waals surface area contributed by atoms with Gasteiger partial charge in [-0.05, 0) is 24.3 Å². The van der Waals surface area contributed by atoms with E-state index < -0.39 is 5.97 Å². The van der Waals surface area contributed by atoms with Crippen LogP contribution >= 0.6 is 0 Å². The topological polar surface area (TPSA) is 140 Å². The van der Waals surface area contributed by atoms with Crippen molar-refractivity contribution >= 4 is 29.3 Å². The van der Waals surface area contributed by atoms with E-state index >= 15 is 0 Å². The van der Waals surface area contributed by atoms with Gasteiger partial charge < -0.3 is 21.1 Å². The number of piperazine rings is 1. The maximum atomic E-state index is 12.0. The SMILES string of the molecule is N=C(N)c1ccc(NC(=O)CCN2CCN(CC(=O)O)CC2=O)cc1. The molecule has 0 spiro atoms.